The Morgan fingerprint density at radius 2 is 1.97 bits per heavy atom. The van der Waals surface area contributed by atoms with Crippen molar-refractivity contribution in [3.8, 4) is 0 Å². The zero-order valence-electron chi connectivity index (χ0n) is 18.8. The van der Waals surface area contributed by atoms with Crippen LogP contribution in [0.4, 0.5) is 5.82 Å². The second kappa shape index (κ2) is 9.50. The average molecular weight is 420 g/mol. The third-order valence-electron chi connectivity index (χ3n) is 6.29. The molecule has 0 unspecified atom stereocenters. The van der Waals surface area contributed by atoms with Gasteiger partial charge >= 0.3 is 0 Å². The number of aromatic nitrogens is 3. The highest BCUT2D eigenvalue weighted by Gasteiger charge is 2.23. The number of para-hydroxylation sites is 1. The van der Waals surface area contributed by atoms with E-state index in [1.807, 2.05) is 44.2 Å². The monoisotopic (exact) mass is 419 g/mol. The van der Waals surface area contributed by atoms with Crippen LogP contribution in [0.2, 0.25) is 0 Å². The van der Waals surface area contributed by atoms with E-state index in [0.717, 1.165) is 29.9 Å². The molecular weight excluding hydrogens is 386 g/mol. The Morgan fingerprint density at radius 3 is 2.74 bits per heavy atom. The molecule has 2 heterocycles. The molecule has 6 heteroatoms. The average Bonchev–Trinajstić information content (AvgIpc) is 3.16. The number of rotatable bonds is 7. The molecule has 1 aliphatic carbocycles. The summed E-state index contributed by atoms with van der Waals surface area (Å²) >= 11 is 0. The van der Waals surface area contributed by atoms with Crippen molar-refractivity contribution >= 4 is 22.6 Å². The Balaban J connectivity index is 1.61. The zero-order chi connectivity index (χ0) is 21.8. The largest absolute Gasteiger partial charge is 0.363 e. The Hall–Kier alpha value is -2.89. The maximum absolute atomic E-state index is 13.0. The van der Waals surface area contributed by atoms with E-state index in [1.54, 1.807) is 0 Å². The van der Waals surface area contributed by atoms with Crippen molar-refractivity contribution in [2.75, 3.05) is 19.0 Å². The molecular formula is C25H33N5O. The SMILES string of the molecule is Cc1nc([C@@H](Cc2c[nH]c3ccccc23)NC(=O)CC2CCCCC2)cc(N(C)C)n1. The fourth-order valence-corrected chi connectivity index (χ4v) is 4.64. The molecule has 0 radical (unpaired) electrons. The summed E-state index contributed by atoms with van der Waals surface area (Å²) in [5.41, 5.74) is 3.15. The minimum atomic E-state index is -0.198. The van der Waals surface area contributed by atoms with Gasteiger partial charge in [-0.25, -0.2) is 9.97 Å². The summed E-state index contributed by atoms with van der Waals surface area (Å²) in [4.78, 5) is 27.6. The first-order chi connectivity index (χ1) is 15.0. The first-order valence-electron chi connectivity index (χ1n) is 11.4. The minimum Gasteiger partial charge on any atom is -0.363 e. The second-order valence-corrected chi connectivity index (χ2v) is 8.98. The molecule has 1 aliphatic rings. The topological polar surface area (TPSA) is 73.9 Å². The zero-order valence-corrected chi connectivity index (χ0v) is 18.8. The van der Waals surface area contributed by atoms with Gasteiger partial charge in [0.2, 0.25) is 5.91 Å². The maximum atomic E-state index is 13.0. The maximum Gasteiger partial charge on any atom is 0.220 e. The van der Waals surface area contributed by atoms with Crippen LogP contribution in [0.1, 0.15) is 61.6 Å². The van der Waals surface area contributed by atoms with Crippen LogP contribution in [-0.4, -0.2) is 35.0 Å². The fraction of sp³-hybridized carbons (Fsp3) is 0.480. The highest BCUT2D eigenvalue weighted by molar-refractivity contribution is 5.83. The highest BCUT2D eigenvalue weighted by atomic mass is 16.1. The summed E-state index contributed by atoms with van der Waals surface area (Å²) in [7, 11) is 3.95. The molecule has 1 amide bonds. The Labute approximate surface area is 184 Å². The van der Waals surface area contributed by atoms with Crippen LogP contribution in [-0.2, 0) is 11.2 Å². The van der Waals surface area contributed by atoms with Crippen LogP contribution in [0.5, 0.6) is 0 Å². The number of nitrogens with one attached hydrogen (secondary N) is 2. The number of amides is 1. The lowest BCUT2D eigenvalue weighted by atomic mass is 9.86. The van der Waals surface area contributed by atoms with E-state index in [4.69, 9.17) is 4.98 Å². The first-order valence-corrected chi connectivity index (χ1v) is 11.4. The summed E-state index contributed by atoms with van der Waals surface area (Å²) in [6, 6.07) is 10.1. The van der Waals surface area contributed by atoms with Crippen LogP contribution >= 0.6 is 0 Å². The van der Waals surface area contributed by atoms with Crippen LogP contribution in [0.3, 0.4) is 0 Å². The summed E-state index contributed by atoms with van der Waals surface area (Å²) in [5.74, 6) is 2.20. The Kier molecular flexibility index (Phi) is 6.54. The Bertz CT molecular complexity index is 1040. The van der Waals surface area contributed by atoms with Crippen molar-refractivity contribution in [2.45, 2.75) is 57.9 Å². The van der Waals surface area contributed by atoms with E-state index in [1.165, 1.54) is 30.2 Å². The molecule has 3 aromatic rings. The highest BCUT2D eigenvalue weighted by Crippen LogP contribution is 2.28. The number of fused-ring (bicyclic) bond motifs is 1. The van der Waals surface area contributed by atoms with E-state index >= 15 is 0 Å². The van der Waals surface area contributed by atoms with Crippen molar-refractivity contribution in [3.05, 3.63) is 53.6 Å². The summed E-state index contributed by atoms with van der Waals surface area (Å²) in [6.07, 6.45) is 9.46. The van der Waals surface area contributed by atoms with Gasteiger partial charge in [-0.05, 0) is 37.3 Å². The number of hydrogen-bond donors (Lipinski definition) is 2. The molecule has 164 valence electrons. The lowest BCUT2D eigenvalue weighted by molar-refractivity contribution is -0.123. The fourth-order valence-electron chi connectivity index (χ4n) is 4.64. The standard InChI is InChI=1S/C25H33N5O/c1-17-27-23(15-24(28-17)30(2)3)22(29-25(31)13-18-9-5-4-6-10-18)14-19-16-26-21-12-8-7-11-20(19)21/h7-8,11-12,15-16,18,22,26H,4-6,9-10,13-14H2,1-3H3,(H,29,31)/t22-/m1/s1. The molecule has 1 fully saturated rings. The van der Waals surface area contributed by atoms with Crippen molar-refractivity contribution < 1.29 is 4.79 Å². The number of benzene rings is 1. The van der Waals surface area contributed by atoms with E-state index in [2.05, 4.69) is 33.5 Å². The molecule has 1 saturated carbocycles. The number of anilines is 1. The summed E-state index contributed by atoms with van der Waals surface area (Å²) < 4.78 is 0. The number of nitrogens with zero attached hydrogens (tertiary/aromatic N) is 3. The predicted octanol–water partition coefficient (Wildman–Crippen LogP) is 4.70. The van der Waals surface area contributed by atoms with Gasteiger partial charge in [-0.1, -0.05) is 37.5 Å². The van der Waals surface area contributed by atoms with Crippen molar-refractivity contribution in [2.24, 2.45) is 5.92 Å². The minimum absolute atomic E-state index is 0.124. The number of carbonyl (C=O) groups excluding carboxylic acids is 1. The van der Waals surface area contributed by atoms with Crippen LogP contribution in [0, 0.1) is 12.8 Å². The van der Waals surface area contributed by atoms with Gasteiger partial charge < -0.3 is 15.2 Å². The Morgan fingerprint density at radius 1 is 1.19 bits per heavy atom. The van der Waals surface area contributed by atoms with Crippen LogP contribution in [0.15, 0.2) is 36.5 Å². The van der Waals surface area contributed by atoms with Gasteiger partial charge in [-0.3, -0.25) is 4.79 Å². The normalized spacial score (nSPS) is 15.7. The molecule has 0 aliphatic heterocycles. The third-order valence-corrected chi connectivity index (χ3v) is 6.29. The number of carbonyl (C=O) groups is 1. The molecule has 0 spiro atoms. The number of hydrogen-bond acceptors (Lipinski definition) is 4. The van der Waals surface area contributed by atoms with Gasteiger partial charge in [0, 0.05) is 50.1 Å². The first kappa shape index (κ1) is 21.3. The smallest absolute Gasteiger partial charge is 0.220 e. The van der Waals surface area contributed by atoms with E-state index in [0.29, 0.717) is 24.6 Å². The van der Waals surface area contributed by atoms with Gasteiger partial charge in [0.05, 0.1) is 11.7 Å². The molecule has 1 atom stereocenters. The van der Waals surface area contributed by atoms with E-state index in [9.17, 15) is 4.79 Å². The number of aryl methyl sites for hydroxylation is 1. The molecule has 1 aromatic carbocycles. The second-order valence-electron chi connectivity index (χ2n) is 8.98. The molecule has 0 saturated heterocycles. The van der Waals surface area contributed by atoms with Crippen molar-refractivity contribution in [1.29, 1.82) is 0 Å². The summed E-state index contributed by atoms with van der Waals surface area (Å²) in [6.45, 7) is 1.91. The quantitative estimate of drug-likeness (QED) is 0.582. The van der Waals surface area contributed by atoms with Crippen LogP contribution < -0.4 is 10.2 Å². The predicted molar refractivity (Wildman–Crippen MR) is 125 cm³/mol. The molecule has 6 nitrogen and oxygen atoms in total. The van der Waals surface area contributed by atoms with Crippen molar-refractivity contribution in [1.82, 2.24) is 20.3 Å². The van der Waals surface area contributed by atoms with Crippen molar-refractivity contribution in [3.63, 3.8) is 0 Å². The van der Waals surface area contributed by atoms with Gasteiger partial charge in [-0.15, -0.1) is 0 Å². The molecule has 31 heavy (non-hydrogen) atoms. The molecule has 4 rings (SSSR count). The summed E-state index contributed by atoms with van der Waals surface area (Å²) in [5, 5.41) is 4.50. The van der Waals surface area contributed by atoms with Gasteiger partial charge in [0.15, 0.2) is 0 Å². The number of H-pyrrole nitrogens is 1. The van der Waals surface area contributed by atoms with Crippen LogP contribution in [0.25, 0.3) is 10.9 Å². The molecule has 2 aromatic heterocycles. The van der Waals surface area contributed by atoms with Gasteiger partial charge in [0.1, 0.15) is 11.6 Å². The number of aromatic amines is 1. The lowest BCUT2D eigenvalue weighted by Crippen LogP contribution is -2.32. The molecule has 0 bridgehead atoms. The van der Waals surface area contributed by atoms with E-state index in [-0.39, 0.29) is 11.9 Å². The lowest BCUT2D eigenvalue weighted by Gasteiger charge is -2.24. The van der Waals surface area contributed by atoms with Gasteiger partial charge in [0.25, 0.3) is 0 Å². The van der Waals surface area contributed by atoms with E-state index < -0.39 is 0 Å². The van der Waals surface area contributed by atoms with Gasteiger partial charge in [-0.2, -0.15) is 0 Å². The third kappa shape index (κ3) is 5.24. The molecule has 2 N–H and O–H groups in total.